The van der Waals surface area contributed by atoms with Gasteiger partial charge in [0.15, 0.2) is 0 Å². The molecule has 2 aliphatic heterocycles. The van der Waals surface area contributed by atoms with Gasteiger partial charge in [0.2, 0.25) is 5.12 Å². The van der Waals surface area contributed by atoms with E-state index in [1.54, 1.807) is 0 Å². The van der Waals surface area contributed by atoms with Crippen molar-refractivity contribution in [1.82, 2.24) is 4.90 Å². The van der Waals surface area contributed by atoms with Gasteiger partial charge in [-0.15, -0.1) is 0 Å². The quantitative estimate of drug-likeness (QED) is 0.674. The maximum atomic E-state index is 11.7. The number of oxime groups is 1. The van der Waals surface area contributed by atoms with Crippen molar-refractivity contribution >= 4 is 34.2 Å². The Bertz CT molecular complexity index is 564. The average molecular weight is 311 g/mol. The van der Waals surface area contributed by atoms with Gasteiger partial charge in [0, 0.05) is 29.3 Å². The molecule has 2 fully saturated rings. The first-order valence-electron chi connectivity index (χ1n) is 6.57. The summed E-state index contributed by atoms with van der Waals surface area (Å²) < 4.78 is 0. The molecule has 0 saturated carbocycles. The van der Waals surface area contributed by atoms with Crippen LogP contribution in [-0.2, 0) is 11.3 Å². The predicted octanol–water partition coefficient (Wildman–Crippen LogP) is 2.63. The van der Waals surface area contributed by atoms with Crippen molar-refractivity contribution in [2.24, 2.45) is 11.1 Å². The van der Waals surface area contributed by atoms with E-state index in [9.17, 15) is 4.79 Å². The third kappa shape index (κ3) is 2.57. The monoisotopic (exact) mass is 310 g/mol. The van der Waals surface area contributed by atoms with Gasteiger partial charge in [-0.1, -0.05) is 46.7 Å². The zero-order valence-electron chi connectivity index (χ0n) is 10.8. The number of hydrogen-bond acceptors (Lipinski definition) is 5. The Kier molecular flexibility index (Phi) is 4.01. The fraction of sp³-hybridized carbons (Fsp3) is 0.429. The van der Waals surface area contributed by atoms with Gasteiger partial charge in [-0.3, -0.25) is 9.69 Å². The molecule has 0 bridgehead atoms. The second-order valence-electron chi connectivity index (χ2n) is 5.15. The third-order valence-corrected chi connectivity index (χ3v) is 5.57. The lowest BCUT2D eigenvalue weighted by Crippen LogP contribution is -2.42. The largest absolute Gasteiger partial charge is 0.411 e. The van der Waals surface area contributed by atoms with Gasteiger partial charge in [0.25, 0.3) is 0 Å². The molecule has 0 spiro atoms. The molecule has 106 valence electrons. The summed E-state index contributed by atoms with van der Waals surface area (Å²) in [6.07, 6.45) is 0.935. The minimum Gasteiger partial charge on any atom is -0.411 e. The zero-order valence-corrected chi connectivity index (χ0v) is 12.4. The number of benzene rings is 1. The van der Waals surface area contributed by atoms with E-state index in [4.69, 9.17) is 16.8 Å². The molecular weight excluding hydrogens is 296 g/mol. The summed E-state index contributed by atoms with van der Waals surface area (Å²) in [4.78, 5) is 14.0. The smallest absolute Gasteiger partial charge is 0.237 e. The highest BCUT2D eigenvalue weighted by Crippen LogP contribution is 2.38. The second-order valence-corrected chi connectivity index (χ2v) is 6.77. The topological polar surface area (TPSA) is 52.9 Å². The molecule has 20 heavy (non-hydrogen) atoms. The van der Waals surface area contributed by atoms with Crippen LogP contribution in [0.2, 0.25) is 5.02 Å². The van der Waals surface area contributed by atoms with E-state index in [1.165, 1.54) is 11.8 Å². The Labute approximate surface area is 126 Å². The van der Waals surface area contributed by atoms with Crippen molar-refractivity contribution in [3.8, 4) is 0 Å². The summed E-state index contributed by atoms with van der Waals surface area (Å²) in [6.45, 7) is 2.44. The van der Waals surface area contributed by atoms with E-state index in [1.807, 2.05) is 24.3 Å². The Morgan fingerprint density at radius 3 is 3.00 bits per heavy atom. The summed E-state index contributed by atoms with van der Waals surface area (Å²) in [7, 11) is 0. The number of halogens is 1. The van der Waals surface area contributed by atoms with Gasteiger partial charge in [-0.05, 0) is 24.6 Å². The van der Waals surface area contributed by atoms with Gasteiger partial charge in [-0.2, -0.15) is 0 Å². The number of piperidine rings is 1. The van der Waals surface area contributed by atoms with Gasteiger partial charge in [0.05, 0.1) is 0 Å². The Morgan fingerprint density at radius 1 is 1.45 bits per heavy atom. The van der Waals surface area contributed by atoms with Crippen LogP contribution in [-0.4, -0.2) is 39.3 Å². The standard InChI is InChI=1S/C14H15ClN2O2S/c15-11-4-2-1-3-9(11)7-17-6-5-12-10(8-17)13(16-19)14(18)20-12/h1-4,10,12,19H,5-8H2/b16-13-. The van der Waals surface area contributed by atoms with Crippen LogP contribution in [0.25, 0.3) is 0 Å². The van der Waals surface area contributed by atoms with Crippen molar-refractivity contribution in [2.75, 3.05) is 13.1 Å². The van der Waals surface area contributed by atoms with Crippen LogP contribution in [0, 0.1) is 5.92 Å². The predicted molar refractivity (Wildman–Crippen MR) is 80.4 cm³/mol. The molecule has 1 aromatic carbocycles. The van der Waals surface area contributed by atoms with E-state index in [0.29, 0.717) is 5.71 Å². The molecule has 2 saturated heterocycles. The molecule has 0 amide bonds. The van der Waals surface area contributed by atoms with Crippen LogP contribution in [0.15, 0.2) is 29.4 Å². The minimum absolute atomic E-state index is 0.0359. The molecular formula is C14H15ClN2O2S. The van der Waals surface area contributed by atoms with Crippen molar-refractivity contribution < 1.29 is 10.0 Å². The molecule has 1 aromatic rings. The normalized spacial score (nSPS) is 28.9. The maximum absolute atomic E-state index is 11.7. The van der Waals surface area contributed by atoms with Crippen LogP contribution in [0.1, 0.15) is 12.0 Å². The van der Waals surface area contributed by atoms with E-state index >= 15 is 0 Å². The molecule has 3 rings (SSSR count). The Balaban J connectivity index is 1.72. The van der Waals surface area contributed by atoms with Crippen molar-refractivity contribution in [3.63, 3.8) is 0 Å². The SMILES string of the molecule is O=C1SC2CCN(Cc3ccccc3Cl)CC2/C1=N/O. The highest BCUT2D eigenvalue weighted by molar-refractivity contribution is 8.16. The molecule has 0 radical (unpaired) electrons. The first-order chi connectivity index (χ1) is 9.69. The molecule has 6 heteroatoms. The first kappa shape index (κ1) is 13.9. The van der Waals surface area contributed by atoms with E-state index in [-0.39, 0.29) is 16.3 Å². The number of nitrogens with zero attached hydrogens (tertiary/aromatic N) is 2. The summed E-state index contributed by atoms with van der Waals surface area (Å²) in [5.41, 5.74) is 1.41. The summed E-state index contributed by atoms with van der Waals surface area (Å²) in [5, 5.41) is 13.2. The van der Waals surface area contributed by atoms with Crippen molar-refractivity contribution in [3.05, 3.63) is 34.9 Å². The first-order valence-corrected chi connectivity index (χ1v) is 7.83. The molecule has 2 aliphatic rings. The number of thioether (sulfide) groups is 1. The molecule has 4 nitrogen and oxygen atoms in total. The molecule has 2 atom stereocenters. The number of fused-ring (bicyclic) bond motifs is 1. The fourth-order valence-corrected chi connectivity index (χ4v) is 4.26. The Hall–Kier alpha value is -1.04. The second kappa shape index (κ2) is 5.76. The van der Waals surface area contributed by atoms with Crippen molar-refractivity contribution in [2.45, 2.75) is 18.2 Å². The number of hydrogen-bond donors (Lipinski definition) is 1. The van der Waals surface area contributed by atoms with Gasteiger partial charge >= 0.3 is 0 Å². The van der Waals surface area contributed by atoms with Crippen molar-refractivity contribution in [1.29, 1.82) is 0 Å². The highest BCUT2D eigenvalue weighted by atomic mass is 35.5. The number of likely N-dealkylation sites (tertiary alicyclic amines) is 1. The summed E-state index contributed by atoms with van der Waals surface area (Å²) >= 11 is 7.50. The highest BCUT2D eigenvalue weighted by Gasteiger charge is 2.43. The van der Waals surface area contributed by atoms with Gasteiger partial charge in [0.1, 0.15) is 5.71 Å². The Morgan fingerprint density at radius 2 is 2.25 bits per heavy atom. The van der Waals surface area contributed by atoms with E-state index in [0.717, 1.165) is 36.6 Å². The number of carbonyl (C=O) groups is 1. The van der Waals surface area contributed by atoms with Crippen LogP contribution >= 0.6 is 23.4 Å². The van der Waals surface area contributed by atoms with E-state index in [2.05, 4.69) is 10.1 Å². The van der Waals surface area contributed by atoms with Crippen LogP contribution < -0.4 is 0 Å². The summed E-state index contributed by atoms with van der Waals surface area (Å²) in [5.74, 6) is 0.0359. The summed E-state index contributed by atoms with van der Waals surface area (Å²) in [6, 6.07) is 7.80. The average Bonchev–Trinajstić information content (AvgIpc) is 2.76. The maximum Gasteiger partial charge on any atom is 0.237 e. The van der Waals surface area contributed by atoms with Gasteiger partial charge in [-0.25, -0.2) is 0 Å². The lowest BCUT2D eigenvalue weighted by Gasteiger charge is -2.33. The minimum atomic E-state index is -0.0814. The molecule has 2 unspecified atom stereocenters. The molecule has 0 aromatic heterocycles. The molecule has 0 aliphatic carbocycles. The lowest BCUT2D eigenvalue weighted by atomic mass is 9.93. The van der Waals surface area contributed by atoms with Gasteiger partial charge < -0.3 is 5.21 Å². The third-order valence-electron chi connectivity index (χ3n) is 3.91. The fourth-order valence-electron chi connectivity index (χ4n) is 2.88. The van der Waals surface area contributed by atoms with Crippen LogP contribution in [0.3, 0.4) is 0 Å². The molecule has 2 heterocycles. The lowest BCUT2D eigenvalue weighted by molar-refractivity contribution is -0.105. The number of rotatable bonds is 2. The van der Waals surface area contributed by atoms with E-state index < -0.39 is 0 Å². The van der Waals surface area contributed by atoms with Crippen LogP contribution in [0.5, 0.6) is 0 Å². The van der Waals surface area contributed by atoms with Crippen LogP contribution in [0.4, 0.5) is 0 Å². The number of carbonyl (C=O) groups excluding carboxylic acids is 1. The molecule has 1 N–H and O–H groups in total. The zero-order chi connectivity index (χ0) is 14.1.